The molecule has 82 valence electrons. The number of rotatable bonds is 3. The van der Waals surface area contributed by atoms with E-state index >= 15 is 0 Å². The highest BCUT2D eigenvalue weighted by Crippen LogP contribution is 2.20. The lowest BCUT2D eigenvalue weighted by atomic mass is 10.2. The summed E-state index contributed by atoms with van der Waals surface area (Å²) < 4.78 is 2.84. The van der Waals surface area contributed by atoms with E-state index in [1.165, 1.54) is 0 Å². The van der Waals surface area contributed by atoms with Crippen molar-refractivity contribution in [3.05, 3.63) is 46.5 Å². The molecular weight excluding hydrogens is 268 g/mol. The summed E-state index contributed by atoms with van der Waals surface area (Å²) >= 11 is 3.35. The van der Waals surface area contributed by atoms with Gasteiger partial charge in [-0.05, 0) is 18.2 Å². The van der Waals surface area contributed by atoms with Crippen LogP contribution >= 0.6 is 15.9 Å². The molecule has 2 rings (SSSR count). The Bertz CT molecular complexity index is 519. The zero-order chi connectivity index (χ0) is 11.5. The maximum atomic E-state index is 11.0. The molecule has 2 aromatic rings. The van der Waals surface area contributed by atoms with Gasteiger partial charge >= 0.3 is 0 Å². The van der Waals surface area contributed by atoms with Gasteiger partial charge in [-0.2, -0.15) is 0 Å². The zero-order valence-corrected chi connectivity index (χ0v) is 10.4. The van der Waals surface area contributed by atoms with Gasteiger partial charge in [0.2, 0.25) is 0 Å². The Hall–Kier alpha value is -1.42. The summed E-state index contributed by atoms with van der Waals surface area (Å²) in [5.41, 5.74) is 1.52. The summed E-state index contributed by atoms with van der Waals surface area (Å²) in [5, 5.41) is 0. The van der Waals surface area contributed by atoms with E-state index in [1.807, 2.05) is 35.9 Å². The summed E-state index contributed by atoms with van der Waals surface area (Å²) in [6.07, 6.45) is 5.31. The van der Waals surface area contributed by atoms with E-state index in [4.69, 9.17) is 0 Å². The van der Waals surface area contributed by atoms with Crippen molar-refractivity contribution in [1.29, 1.82) is 0 Å². The third-order valence-electron chi connectivity index (χ3n) is 2.41. The number of carbonyl (C=O) groups excluding carboxylic acids is 1. The van der Waals surface area contributed by atoms with Gasteiger partial charge in [0.1, 0.15) is 5.82 Å². The predicted molar refractivity (Wildman–Crippen MR) is 66.0 cm³/mol. The number of hydrogen-bond acceptors (Lipinski definition) is 2. The number of aldehydes is 1. The van der Waals surface area contributed by atoms with Gasteiger partial charge in [-0.15, -0.1) is 0 Å². The third kappa shape index (κ3) is 1.93. The highest BCUT2D eigenvalue weighted by molar-refractivity contribution is 9.10. The van der Waals surface area contributed by atoms with Crippen molar-refractivity contribution in [3.63, 3.8) is 0 Å². The summed E-state index contributed by atoms with van der Waals surface area (Å²) in [4.78, 5) is 15.3. The molecule has 3 nitrogen and oxygen atoms in total. The van der Waals surface area contributed by atoms with Gasteiger partial charge in [-0.3, -0.25) is 4.79 Å². The minimum Gasteiger partial charge on any atom is -0.303 e. The van der Waals surface area contributed by atoms with Crippen molar-refractivity contribution in [2.75, 3.05) is 0 Å². The molecule has 4 heteroatoms. The Balaban J connectivity index is 2.59. The lowest BCUT2D eigenvalue weighted by Gasteiger charge is -2.09. The summed E-state index contributed by atoms with van der Waals surface area (Å²) in [5.74, 6) is 0.949. The first kappa shape index (κ1) is 11.1. The number of aryl methyl sites for hydroxylation is 1. The Kier molecular flexibility index (Phi) is 3.19. The molecule has 1 aromatic carbocycles. The average Bonchev–Trinajstić information content (AvgIpc) is 2.76. The first-order valence-electron chi connectivity index (χ1n) is 5.03. The molecule has 1 aromatic heterocycles. The fraction of sp³-hybridized carbons (Fsp3) is 0.167. The Morgan fingerprint density at radius 1 is 1.50 bits per heavy atom. The van der Waals surface area contributed by atoms with Crippen LogP contribution in [0.25, 0.3) is 5.69 Å². The Morgan fingerprint density at radius 2 is 2.31 bits per heavy atom. The molecule has 0 spiro atoms. The lowest BCUT2D eigenvalue weighted by Crippen LogP contribution is -2.02. The summed E-state index contributed by atoms with van der Waals surface area (Å²) in [6.45, 7) is 2.04. The third-order valence-corrected chi connectivity index (χ3v) is 2.90. The fourth-order valence-electron chi connectivity index (χ4n) is 1.65. The number of aromatic nitrogens is 2. The highest BCUT2D eigenvalue weighted by atomic mass is 79.9. The second-order valence-electron chi connectivity index (χ2n) is 3.39. The van der Waals surface area contributed by atoms with Crippen LogP contribution in [0.1, 0.15) is 23.1 Å². The van der Waals surface area contributed by atoms with Crippen LogP contribution in [0, 0.1) is 0 Å². The SMILES string of the molecule is CCc1nccn1-c1ccc(Br)cc1C=O. The van der Waals surface area contributed by atoms with Crippen LogP contribution in [-0.2, 0) is 6.42 Å². The van der Waals surface area contributed by atoms with E-state index in [-0.39, 0.29) is 0 Å². The van der Waals surface area contributed by atoms with E-state index in [2.05, 4.69) is 20.9 Å². The van der Waals surface area contributed by atoms with Crippen LogP contribution in [0.5, 0.6) is 0 Å². The zero-order valence-electron chi connectivity index (χ0n) is 8.85. The minimum atomic E-state index is 0.655. The molecule has 0 saturated heterocycles. The van der Waals surface area contributed by atoms with Crippen molar-refractivity contribution in [2.45, 2.75) is 13.3 Å². The topological polar surface area (TPSA) is 34.9 Å². The highest BCUT2D eigenvalue weighted by Gasteiger charge is 2.07. The summed E-state index contributed by atoms with van der Waals surface area (Å²) in [6, 6.07) is 5.64. The van der Waals surface area contributed by atoms with Crippen molar-refractivity contribution in [3.8, 4) is 5.69 Å². The molecule has 0 aliphatic heterocycles. The first-order chi connectivity index (χ1) is 7.76. The van der Waals surface area contributed by atoms with E-state index < -0.39 is 0 Å². The molecule has 0 fully saturated rings. The van der Waals surface area contributed by atoms with Crippen molar-refractivity contribution in [1.82, 2.24) is 9.55 Å². The van der Waals surface area contributed by atoms with Crippen LogP contribution in [0.15, 0.2) is 35.1 Å². The quantitative estimate of drug-likeness (QED) is 0.809. The van der Waals surface area contributed by atoms with Crippen LogP contribution in [0.3, 0.4) is 0 Å². The number of halogens is 1. The Morgan fingerprint density at radius 3 is 3.00 bits per heavy atom. The minimum absolute atomic E-state index is 0.655. The monoisotopic (exact) mass is 278 g/mol. The molecule has 0 bridgehead atoms. The van der Waals surface area contributed by atoms with E-state index in [0.29, 0.717) is 5.56 Å². The second kappa shape index (κ2) is 4.61. The number of imidazole rings is 1. The van der Waals surface area contributed by atoms with Crippen LogP contribution in [0.2, 0.25) is 0 Å². The molecule has 16 heavy (non-hydrogen) atoms. The maximum Gasteiger partial charge on any atom is 0.152 e. The molecule has 0 amide bonds. The van der Waals surface area contributed by atoms with Crippen molar-refractivity contribution < 1.29 is 4.79 Å². The molecule has 0 N–H and O–H groups in total. The van der Waals surface area contributed by atoms with E-state index in [9.17, 15) is 4.79 Å². The van der Waals surface area contributed by atoms with Gasteiger partial charge in [-0.25, -0.2) is 4.98 Å². The van der Waals surface area contributed by atoms with Crippen LogP contribution < -0.4 is 0 Å². The molecule has 0 unspecified atom stereocenters. The van der Waals surface area contributed by atoms with E-state index in [0.717, 1.165) is 28.7 Å². The Labute approximate surface area is 102 Å². The molecule has 0 atom stereocenters. The normalized spacial score (nSPS) is 10.4. The lowest BCUT2D eigenvalue weighted by molar-refractivity contribution is 0.112. The molecule has 0 radical (unpaired) electrons. The fourth-order valence-corrected chi connectivity index (χ4v) is 2.03. The van der Waals surface area contributed by atoms with Crippen LogP contribution in [0.4, 0.5) is 0 Å². The van der Waals surface area contributed by atoms with Gasteiger partial charge < -0.3 is 4.57 Å². The average molecular weight is 279 g/mol. The molecular formula is C12H11BrN2O. The van der Waals surface area contributed by atoms with Crippen molar-refractivity contribution in [2.24, 2.45) is 0 Å². The molecule has 1 heterocycles. The number of nitrogens with zero attached hydrogens (tertiary/aromatic N) is 2. The van der Waals surface area contributed by atoms with Gasteiger partial charge in [0.05, 0.1) is 5.69 Å². The number of benzene rings is 1. The van der Waals surface area contributed by atoms with Gasteiger partial charge in [0, 0.05) is 28.9 Å². The maximum absolute atomic E-state index is 11.0. The van der Waals surface area contributed by atoms with E-state index in [1.54, 1.807) is 6.20 Å². The van der Waals surface area contributed by atoms with Crippen molar-refractivity contribution >= 4 is 22.2 Å². The standard InChI is InChI=1S/C12H11BrN2O/c1-2-12-14-5-6-15(12)11-4-3-10(13)7-9(11)8-16/h3-8H,2H2,1H3. The molecule has 0 aliphatic rings. The first-order valence-corrected chi connectivity index (χ1v) is 5.83. The van der Waals surface area contributed by atoms with Crippen LogP contribution in [-0.4, -0.2) is 15.8 Å². The van der Waals surface area contributed by atoms with Gasteiger partial charge in [0.15, 0.2) is 6.29 Å². The van der Waals surface area contributed by atoms with Gasteiger partial charge in [0.25, 0.3) is 0 Å². The number of carbonyl (C=O) groups is 1. The predicted octanol–water partition coefficient (Wildman–Crippen LogP) is 3.01. The number of hydrogen-bond donors (Lipinski definition) is 0. The van der Waals surface area contributed by atoms with Gasteiger partial charge in [-0.1, -0.05) is 22.9 Å². The molecule has 0 aliphatic carbocycles. The molecule has 0 saturated carbocycles. The largest absolute Gasteiger partial charge is 0.303 e. The smallest absolute Gasteiger partial charge is 0.152 e. The second-order valence-corrected chi connectivity index (χ2v) is 4.30. The summed E-state index contributed by atoms with van der Waals surface area (Å²) in [7, 11) is 0.